The van der Waals surface area contributed by atoms with Crippen LogP contribution < -0.4 is 0 Å². The second-order valence-corrected chi connectivity index (χ2v) is 4.04. The van der Waals surface area contributed by atoms with Crippen LogP contribution in [0, 0.1) is 0 Å². The molecule has 0 amide bonds. The van der Waals surface area contributed by atoms with Crippen LogP contribution in [-0.2, 0) is 12.8 Å². The van der Waals surface area contributed by atoms with Crippen molar-refractivity contribution in [3.8, 4) is 0 Å². The van der Waals surface area contributed by atoms with Gasteiger partial charge >= 0.3 is 12.3 Å². The summed E-state index contributed by atoms with van der Waals surface area (Å²) in [6.07, 6.45) is -1.41. The third-order valence-electron chi connectivity index (χ3n) is 2.39. The van der Waals surface area contributed by atoms with Crippen LogP contribution in [-0.4, -0.2) is 32.7 Å². The standard InChI is InChI=1S/C14H14.2CH2O3/c1-3-7-13(8-4-1)11-12-14-9-5-2-6-10-14;2*2-1(3)4/h1-10H,11-12H2;2*(H2,2,3,4). The molecule has 0 aromatic heterocycles. The van der Waals surface area contributed by atoms with Crippen molar-refractivity contribution in [3.63, 3.8) is 0 Å². The Morgan fingerprint density at radius 3 is 1.05 bits per heavy atom. The molecular weight excluding hydrogens is 288 g/mol. The quantitative estimate of drug-likeness (QED) is 0.683. The van der Waals surface area contributed by atoms with Crippen molar-refractivity contribution in [2.75, 3.05) is 0 Å². The van der Waals surface area contributed by atoms with Gasteiger partial charge in [-0.15, -0.1) is 0 Å². The van der Waals surface area contributed by atoms with Crippen LogP contribution in [0.3, 0.4) is 0 Å². The third-order valence-corrected chi connectivity index (χ3v) is 2.39. The molecule has 0 radical (unpaired) electrons. The molecule has 0 bridgehead atoms. The second-order valence-electron chi connectivity index (χ2n) is 4.04. The molecule has 0 aliphatic heterocycles. The smallest absolute Gasteiger partial charge is 0.450 e. The molecule has 0 saturated heterocycles. The van der Waals surface area contributed by atoms with Crippen LogP contribution in [0.15, 0.2) is 60.7 Å². The average Bonchev–Trinajstić information content (AvgIpc) is 2.46. The maximum atomic E-state index is 8.56. The summed E-state index contributed by atoms with van der Waals surface area (Å²) in [5.41, 5.74) is 2.83. The van der Waals surface area contributed by atoms with Gasteiger partial charge in [-0.05, 0) is 24.0 Å². The fourth-order valence-corrected chi connectivity index (χ4v) is 1.58. The minimum atomic E-state index is -1.83. The van der Waals surface area contributed by atoms with Gasteiger partial charge in [0.1, 0.15) is 0 Å². The topological polar surface area (TPSA) is 115 Å². The minimum Gasteiger partial charge on any atom is -0.450 e. The summed E-state index contributed by atoms with van der Waals surface area (Å²) < 4.78 is 0. The minimum absolute atomic E-state index is 1.13. The molecule has 2 aromatic carbocycles. The van der Waals surface area contributed by atoms with Crippen molar-refractivity contribution in [2.45, 2.75) is 12.8 Å². The first-order valence-electron chi connectivity index (χ1n) is 6.33. The molecule has 118 valence electrons. The molecule has 6 heteroatoms. The predicted octanol–water partition coefficient (Wildman–Crippen LogP) is 3.92. The number of rotatable bonds is 3. The van der Waals surface area contributed by atoms with E-state index in [1.807, 2.05) is 0 Å². The van der Waals surface area contributed by atoms with Crippen molar-refractivity contribution < 1.29 is 30.0 Å². The van der Waals surface area contributed by atoms with E-state index in [9.17, 15) is 0 Å². The summed E-state index contributed by atoms with van der Waals surface area (Å²) in [5.74, 6) is 0. The SMILES string of the molecule is O=C(O)O.O=C(O)O.c1ccc(CCc2ccccc2)cc1. The van der Waals surface area contributed by atoms with Crippen molar-refractivity contribution in [1.29, 1.82) is 0 Å². The van der Waals surface area contributed by atoms with Crippen LogP contribution in [0.5, 0.6) is 0 Å². The number of benzene rings is 2. The number of hydrogen-bond donors (Lipinski definition) is 4. The van der Waals surface area contributed by atoms with Gasteiger partial charge < -0.3 is 20.4 Å². The summed E-state index contributed by atoms with van der Waals surface area (Å²) in [6, 6.07) is 21.2. The zero-order valence-electron chi connectivity index (χ0n) is 11.8. The normalized spacial score (nSPS) is 8.55. The van der Waals surface area contributed by atoms with Gasteiger partial charge in [0.15, 0.2) is 0 Å². The molecule has 6 nitrogen and oxygen atoms in total. The summed E-state index contributed by atoms with van der Waals surface area (Å²) in [7, 11) is 0. The number of hydrogen-bond acceptors (Lipinski definition) is 2. The van der Waals surface area contributed by atoms with E-state index >= 15 is 0 Å². The Morgan fingerprint density at radius 2 is 0.818 bits per heavy atom. The third kappa shape index (κ3) is 13.4. The fraction of sp³-hybridized carbons (Fsp3) is 0.125. The van der Waals surface area contributed by atoms with E-state index in [0.717, 1.165) is 12.8 Å². The Labute approximate surface area is 127 Å². The molecule has 0 atom stereocenters. The maximum Gasteiger partial charge on any atom is 0.503 e. The Bertz CT molecular complexity index is 480. The van der Waals surface area contributed by atoms with Crippen LogP contribution in [0.4, 0.5) is 9.59 Å². The van der Waals surface area contributed by atoms with E-state index in [1.165, 1.54) is 11.1 Å². The first-order chi connectivity index (χ1) is 10.4. The molecule has 4 N–H and O–H groups in total. The molecule has 22 heavy (non-hydrogen) atoms. The second kappa shape index (κ2) is 11.8. The lowest BCUT2D eigenvalue weighted by Crippen LogP contribution is -1.89. The van der Waals surface area contributed by atoms with E-state index in [0.29, 0.717) is 0 Å². The van der Waals surface area contributed by atoms with Crippen molar-refractivity contribution in [2.24, 2.45) is 0 Å². The predicted molar refractivity (Wildman–Crippen MR) is 81.6 cm³/mol. The summed E-state index contributed by atoms with van der Waals surface area (Å²) >= 11 is 0. The van der Waals surface area contributed by atoms with Gasteiger partial charge in [-0.25, -0.2) is 9.59 Å². The van der Waals surface area contributed by atoms with Gasteiger partial charge in [0, 0.05) is 0 Å². The summed E-state index contributed by atoms with van der Waals surface area (Å²) in [5, 5.41) is 27.9. The van der Waals surface area contributed by atoms with Crippen LogP contribution >= 0.6 is 0 Å². The summed E-state index contributed by atoms with van der Waals surface area (Å²) in [4.78, 5) is 17.1. The number of aryl methyl sites for hydroxylation is 2. The first kappa shape index (κ1) is 19.0. The van der Waals surface area contributed by atoms with E-state index in [-0.39, 0.29) is 0 Å². The highest BCUT2D eigenvalue weighted by Crippen LogP contribution is 2.06. The van der Waals surface area contributed by atoms with E-state index < -0.39 is 12.3 Å². The highest BCUT2D eigenvalue weighted by atomic mass is 16.6. The van der Waals surface area contributed by atoms with Crippen LogP contribution in [0.25, 0.3) is 0 Å². The zero-order valence-corrected chi connectivity index (χ0v) is 11.8. The Kier molecular flexibility index (Phi) is 10.2. The van der Waals surface area contributed by atoms with Crippen LogP contribution in [0.2, 0.25) is 0 Å². The Morgan fingerprint density at radius 1 is 0.591 bits per heavy atom. The Hall–Kier alpha value is -3.02. The average molecular weight is 306 g/mol. The monoisotopic (exact) mass is 306 g/mol. The van der Waals surface area contributed by atoms with Crippen molar-refractivity contribution >= 4 is 12.3 Å². The first-order valence-corrected chi connectivity index (χ1v) is 6.33. The van der Waals surface area contributed by atoms with Gasteiger partial charge in [-0.2, -0.15) is 0 Å². The molecule has 0 spiro atoms. The van der Waals surface area contributed by atoms with E-state index in [2.05, 4.69) is 60.7 Å². The lowest BCUT2D eigenvalue weighted by atomic mass is 10.0. The lowest BCUT2D eigenvalue weighted by Gasteiger charge is -2.01. The van der Waals surface area contributed by atoms with Crippen molar-refractivity contribution in [1.82, 2.24) is 0 Å². The molecule has 0 saturated carbocycles. The van der Waals surface area contributed by atoms with Gasteiger partial charge in [0.2, 0.25) is 0 Å². The van der Waals surface area contributed by atoms with Crippen LogP contribution in [0.1, 0.15) is 11.1 Å². The maximum absolute atomic E-state index is 8.56. The lowest BCUT2D eigenvalue weighted by molar-refractivity contribution is 0.135. The molecule has 2 aromatic rings. The largest absolute Gasteiger partial charge is 0.503 e. The zero-order chi connectivity index (χ0) is 16.8. The number of carboxylic acid groups (broad SMARTS) is 4. The highest BCUT2D eigenvalue weighted by Gasteiger charge is 1.93. The molecule has 0 aliphatic carbocycles. The summed E-state index contributed by atoms with van der Waals surface area (Å²) in [6.45, 7) is 0. The highest BCUT2D eigenvalue weighted by molar-refractivity contribution is 5.53. The number of carbonyl (C=O) groups is 2. The van der Waals surface area contributed by atoms with E-state index in [1.54, 1.807) is 0 Å². The molecule has 0 aliphatic rings. The molecule has 2 rings (SSSR count). The van der Waals surface area contributed by atoms with Crippen molar-refractivity contribution in [3.05, 3.63) is 71.8 Å². The van der Waals surface area contributed by atoms with Gasteiger partial charge in [-0.1, -0.05) is 60.7 Å². The van der Waals surface area contributed by atoms with Gasteiger partial charge in [0.05, 0.1) is 0 Å². The fourth-order valence-electron chi connectivity index (χ4n) is 1.58. The van der Waals surface area contributed by atoms with Gasteiger partial charge in [-0.3, -0.25) is 0 Å². The molecule has 0 heterocycles. The van der Waals surface area contributed by atoms with E-state index in [4.69, 9.17) is 30.0 Å². The van der Waals surface area contributed by atoms with Gasteiger partial charge in [0.25, 0.3) is 0 Å². The molecule has 0 fully saturated rings. The molecule has 0 unspecified atom stereocenters. The molecular formula is C16H18O6. The Balaban J connectivity index is 0.000000464.